The number of carbonyl (C=O) groups excluding carboxylic acids is 2. The fraction of sp³-hybridized carbons (Fsp3) is 0.286. The van der Waals surface area contributed by atoms with Crippen molar-refractivity contribution in [1.82, 2.24) is 5.32 Å². The molecule has 4 nitrogen and oxygen atoms in total. The van der Waals surface area contributed by atoms with Crippen LogP contribution in [0.3, 0.4) is 0 Å². The number of Topliss-reactive ketones (excluding diaryl/α,β-unsaturated/α-hetero) is 1. The Balaban J connectivity index is 2.86. The lowest BCUT2D eigenvalue weighted by molar-refractivity contribution is -0.127. The largest absolute Gasteiger partial charge is 0.480 e. The van der Waals surface area contributed by atoms with Crippen LogP contribution in [0.5, 0.6) is 5.75 Å². The second-order valence-corrected chi connectivity index (χ2v) is 3.99. The lowest BCUT2D eigenvalue weighted by Gasteiger charge is -2.16. The molecule has 0 aliphatic heterocycles. The maximum absolute atomic E-state index is 13.2. The van der Waals surface area contributed by atoms with Gasteiger partial charge in [-0.05, 0) is 26.0 Å². The molecule has 0 radical (unpaired) electrons. The molecule has 1 atom stereocenters. The van der Waals surface area contributed by atoms with Crippen LogP contribution in [0.4, 0.5) is 4.39 Å². The number of carbonyl (C=O) groups is 2. The van der Waals surface area contributed by atoms with Crippen molar-refractivity contribution in [1.29, 1.82) is 0 Å². The van der Waals surface area contributed by atoms with Crippen LogP contribution in [-0.2, 0) is 4.79 Å². The molecule has 0 heterocycles. The molecule has 102 valence electrons. The molecule has 19 heavy (non-hydrogen) atoms. The molecule has 5 heteroatoms. The van der Waals surface area contributed by atoms with Gasteiger partial charge in [0.05, 0.1) is 5.56 Å². The number of rotatable bonds is 6. The van der Waals surface area contributed by atoms with Gasteiger partial charge in [-0.1, -0.05) is 6.08 Å². The maximum atomic E-state index is 13.2. The Kier molecular flexibility index (Phi) is 5.23. The summed E-state index contributed by atoms with van der Waals surface area (Å²) < 4.78 is 18.5. The van der Waals surface area contributed by atoms with Crippen LogP contribution in [-0.4, -0.2) is 24.3 Å². The minimum Gasteiger partial charge on any atom is -0.480 e. The van der Waals surface area contributed by atoms with Gasteiger partial charge < -0.3 is 10.1 Å². The first-order valence-electron chi connectivity index (χ1n) is 5.81. The molecular formula is C14H16FNO3. The van der Waals surface area contributed by atoms with Crippen molar-refractivity contribution < 1.29 is 18.7 Å². The predicted molar refractivity (Wildman–Crippen MR) is 69.7 cm³/mol. The molecule has 1 unspecified atom stereocenters. The van der Waals surface area contributed by atoms with Gasteiger partial charge in [0.15, 0.2) is 11.9 Å². The molecule has 1 aromatic rings. The molecule has 0 fully saturated rings. The molecule has 1 N–H and O–H groups in total. The smallest absolute Gasteiger partial charge is 0.261 e. The maximum Gasteiger partial charge on any atom is 0.261 e. The van der Waals surface area contributed by atoms with Crippen LogP contribution >= 0.6 is 0 Å². The summed E-state index contributed by atoms with van der Waals surface area (Å²) in [4.78, 5) is 23.0. The molecule has 1 aromatic carbocycles. The third kappa shape index (κ3) is 4.21. The summed E-state index contributed by atoms with van der Waals surface area (Å²) in [6.45, 7) is 6.66. The monoisotopic (exact) mass is 265 g/mol. The molecule has 0 bridgehead atoms. The summed E-state index contributed by atoms with van der Waals surface area (Å²) in [5.74, 6) is -1.08. The van der Waals surface area contributed by atoms with Gasteiger partial charge in [0, 0.05) is 12.6 Å². The molecule has 1 rings (SSSR count). The molecule has 0 aliphatic carbocycles. The van der Waals surface area contributed by atoms with Crippen LogP contribution in [0.1, 0.15) is 24.2 Å². The van der Waals surface area contributed by atoms with Gasteiger partial charge in [-0.15, -0.1) is 6.58 Å². The number of halogens is 1. The summed E-state index contributed by atoms with van der Waals surface area (Å²) in [7, 11) is 0. The Morgan fingerprint density at radius 3 is 2.79 bits per heavy atom. The third-order valence-corrected chi connectivity index (χ3v) is 2.42. The summed E-state index contributed by atoms with van der Waals surface area (Å²) >= 11 is 0. The number of ketones is 1. The number of benzene rings is 1. The SMILES string of the molecule is C=CCNC(=O)C(C)Oc1cc(F)ccc1C(C)=O. The van der Waals surface area contributed by atoms with Gasteiger partial charge in [0.2, 0.25) is 0 Å². The number of amides is 1. The van der Waals surface area contributed by atoms with Crippen LogP contribution in [0.15, 0.2) is 30.9 Å². The average Bonchev–Trinajstić information content (AvgIpc) is 2.35. The van der Waals surface area contributed by atoms with E-state index in [9.17, 15) is 14.0 Å². The van der Waals surface area contributed by atoms with Gasteiger partial charge in [-0.3, -0.25) is 9.59 Å². The Morgan fingerprint density at radius 1 is 1.53 bits per heavy atom. The van der Waals surface area contributed by atoms with E-state index in [0.29, 0.717) is 6.54 Å². The van der Waals surface area contributed by atoms with E-state index in [2.05, 4.69) is 11.9 Å². The quantitative estimate of drug-likeness (QED) is 0.633. The van der Waals surface area contributed by atoms with Crippen LogP contribution < -0.4 is 10.1 Å². The number of ether oxygens (including phenoxy) is 1. The van der Waals surface area contributed by atoms with Crippen molar-refractivity contribution in [2.45, 2.75) is 20.0 Å². The van der Waals surface area contributed by atoms with Gasteiger partial charge in [-0.2, -0.15) is 0 Å². The minimum atomic E-state index is -0.833. The lowest BCUT2D eigenvalue weighted by Crippen LogP contribution is -2.36. The minimum absolute atomic E-state index is 0.0637. The summed E-state index contributed by atoms with van der Waals surface area (Å²) in [6.07, 6.45) is 0.702. The topological polar surface area (TPSA) is 55.4 Å². The number of hydrogen-bond donors (Lipinski definition) is 1. The van der Waals surface area contributed by atoms with E-state index >= 15 is 0 Å². The molecule has 0 spiro atoms. The van der Waals surface area contributed by atoms with Gasteiger partial charge >= 0.3 is 0 Å². The molecule has 0 saturated heterocycles. The first-order chi connectivity index (χ1) is 8.95. The fourth-order valence-corrected chi connectivity index (χ4v) is 1.44. The van der Waals surface area contributed by atoms with Crippen molar-refractivity contribution in [3.05, 3.63) is 42.2 Å². The third-order valence-electron chi connectivity index (χ3n) is 2.42. The number of hydrogen-bond acceptors (Lipinski definition) is 3. The highest BCUT2D eigenvalue weighted by atomic mass is 19.1. The second kappa shape index (κ2) is 6.68. The molecule has 0 aliphatic rings. The summed E-state index contributed by atoms with van der Waals surface area (Å²) in [5, 5.41) is 2.55. The van der Waals surface area contributed by atoms with Crippen LogP contribution in [0.2, 0.25) is 0 Å². The van der Waals surface area contributed by atoms with Crippen molar-refractivity contribution in [3.8, 4) is 5.75 Å². The first-order valence-corrected chi connectivity index (χ1v) is 5.81. The van der Waals surface area contributed by atoms with Crippen LogP contribution in [0.25, 0.3) is 0 Å². The van der Waals surface area contributed by atoms with E-state index < -0.39 is 11.9 Å². The van der Waals surface area contributed by atoms with Crippen molar-refractivity contribution in [2.75, 3.05) is 6.54 Å². The normalized spacial score (nSPS) is 11.5. The highest BCUT2D eigenvalue weighted by Crippen LogP contribution is 2.21. The van der Waals surface area contributed by atoms with Crippen molar-refractivity contribution in [2.24, 2.45) is 0 Å². The van der Waals surface area contributed by atoms with Crippen molar-refractivity contribution >= 4 is 11.7 Å². The average molecular weight is 265 g/mol. The second-order valence-electron chi connectivity index (χ2n) is 3.99. The van der Waals surface area contributed by atoms with Crippen molar-refractivity contribution in [3.63, 3.8) is 0 Å². The molecule has 0 aromatic heterocycles. The molecular weight excluding hydrogens is 249 g/mol. The zero-order chi connectivity index (χ0) is 14.4. The molecule has 1 amide bonds. The van der Waals surface area contributed by atoms with Gasteiger partial charge in [0.25, 0.3) is 5.91 Å². The van der Waals surface area contributed by atoms with E-state index in [4.69, 9.17) is 4.74 Å². The zero-order valence-corrected chi connectivity index (χ0v) is 10.9. The summed E-state index contributed by atoms with van der Waals surface area (Å²) in [5.41, 5.74) is 0.241. The summed E-state index contributed by atoms with van der Waals surface area (Å²) in [6, 6.07) is 3.60. The van der Waals surface area contributed by atoms with E-state index in [1.54, 1.807) is 0 Å². The zero-order valence-electron chi connectivity index (χ0n) is 10.9. The highest BCUT2D eigenvalue weighted by Gasteiger charge is 2.17. The van der Waals surface area contributed by atoms with Gasteiger partial charge in [-0.25, -0.2) is 4.39 Å². The van der Waals surface area contributed by atoms with E-state index in [-0.39, 0.29) is 23.0 Å². The fourth-order valence-electron chi connectivity index (χ4n) is 1.44. The Morgan fingerprint density at radius 2 is 2.21 bits per heavy atom. The van der Waals surface area contributed by atoms with Gasteiger partial charge in [0.1, 0.15) is 11.6 Å². The van der Waals surface area contributed by atoms with E-state index in [1.165, 1.54) is 32.1 Å². The van der Waals surface area contributed by atoms with E-state index in [0.717, 1.165) is 6.07 Å². The standard InChI is InChI=1S/C14H16FNO3/c1-4-7-16-14(18)10(3)19-13-8-11(15)5-6-12(13)9(2)17/h4-6,8,10H,1,7H2,2-3H3,(H,16,18). The Hall–Kier alpha value is -2.17. The first kappa shape index (κ1) is 14.9. The highest BCUT2D eigenvalue weighted by molar-refractivity contribution is 5.97. The Labute approximate surface area is 111 Å². The number of nitrogens with one attached hydrogen (secondary N) is 1. The van der Waals surface area contributed by atoms with Crippen LogP contribution in [0, 0.1) is 5.82 Å². The lowest BCUT2D eigenvalue weighted by atomic mass is 10.1. The Bertz CT molecular complexity index is 499. The molecule has 0 saturated carbocycles. The predicted octanol–water partition coefficient (Wildman–Crippen LogP) is 2.10. The van der Waals surface area contributed by atoms with E-state index in [1.807, 2.05) is 0 Å².